The number of rotatable bonds is 7. The fraction of sp³-hybridized carbons (Fsp3) is 0.222. The fourth-order valence-corrected chi connectivity index (χ4v) is 5.19. The Morgan fingerprint density at radius 3 is 2.37 bits per heavy atom. The van der Waals surface area contributed by atoms with Crippen LogP contribution in [0.25, 0.3) is 11.3 Å². The van der Waals surface area contributed by atoms with E-state index in [1.165, 1.54) is 37.6 Å². The maximum atomic E-state index is 12.8. The van der Waals surface area contributed by atoms with Gasteiger partial charge >= 0.3 is 6.03 Å². The minimum Gasteiger partial charge on any atom is -0.437 e. The average molecular weight is 552 g/mol. The summed E-state index contributed by atoms with van der Waals surface area (Å²) in [7, 11) is -0.547. The van der Waals surface area contributed by atoms with E-state index < -0.39 is 16.1 Å². The second-order valence-corrected chi connectivity index (χ2v) is 12.6. The number of nitrogens with one attached hydrogen (secondary N) is 2. The lowest BCUT2D eigenvalue weighted by atomic mass is 9.86. The molecule has 4 rings (SSSR count). The van der Waals surface area contributed by atoms with Crippen molar-refractivity contribution in [3.05, 3.63) is 77.8 Å². The molecule has 0 fully saturated rings. The standard InChI is InChI=1S/C27H29N5O4S2/c1-27(2,3)20-9-6-7-11-23(20)36-24-21(10-8-16-28-24)29-25(33)31-26-30-22(17-37-26)18-12-14-19(15-13-18)38(34,35)32(4)5/h6-17H,1-5H3,(H2,29,30,31,33). The number of hydrogen-bond donors (Lipinski definition) is 2. The Balaban J connectivity index is 1.46. The zero-order valence-electron chi connectivity index (χ0n) is 21.7. The van der Waals surface area contributed by atoms with E-state index in [0.717, 1.165) is 15.4 Å². The van der Waals surface area contributed by atoms with E-state index in [9.17, 15) is 13.2 Å². The number of urea groups is 1. The molecule has 198 valence electrons. The smallest absolute Gasteiger partial charge is 0.325 e. The van der Waals surface area contributed by atoms with Crippen LogP contribution in [0, 0.1) is 0 Å². The minimum absolute atomic E-state index is 0.139. The zero-order chi connectivity index (χ0) is 27.5. The summed E-state index contributed by atoms with van der Waals surface area (Å²) in [5.74, 6) is 0.933. The van der Waals surface area contributed by atoms with Gasteiger partial charge in [-0.15, -0.1) is 11.3 Å². The molecule has 0 unspecified atom stereocenters. The molecular formula is C27H29N5O4S2. The van der Waals surface area contributed by atoms with Gasteiger partial charge in [0.15, 0.2) is 5.13 Å². The first-order chi connectivity index (χ1) is 17.9. The first kappa shape index (κ1) is 27.2. The van der Waals surface area contributed by atoms with Crippen LogP contribution in [-0.2, 0) is 15.4 Å². The van der Waals surface area contributed by atoms with Gasteiger partial charge in [-0.05, 0) is 35.7 Å². The maximum absolute atomic E-state index is 12.8. The number of aromatic nitrogens is 2. The van der Waals surface area contributed by atoms with Gasteiger partial charge in [-0.3, -0.25) is 5.32 Å². The highest BCUT2D eigenvalue weighted by atomic mass is 32.2. The third-order valence-corrected chi connectivity index (χ3v) is 8.16. The van der Waals surface area contributed by atoms with Gasteiger partial charge in [-0.1, -0.05) is 51.1 Å². The molecule has 0 saturated carbocycles. The van der Waals surface area contributed by atoms with Gasteiger partial charge in [-0.2, -0.15) is 0 Å². The van der Waals surface area contributed by atoms with E-state index in [4.69, 9.17) is 4.74 Å². The van der Waals surface area contributed by atoms with Crippen LogP contribution in [-0.4, -0.2) is 42.8 Å². The van der Waals surface area contributed by atoms with Gasteiger partial charge in [0, 0.05) is 36.8 Å². The van der Waals surface area contributed by atoms with Crippen LogP contribution in [0.3, 0.4) is 0 Å². The first-order valence-electron chi connectivity index (χ1n) is 11.7. The molecule has 2 N–H and O–H groups in total. The van der Waals surface area contributed by atoms with Crippen molar-refractivity contribution in [2.75, 3.05) is 24.7 Å². The van der Waals surface area contributed by atoms with Gasteiger partial charge in [0.25, 0.3) is 0 Å². The van der Waals surface area contributed by atoms with Crippen LogP contribution < -0.4 is 15.4 Å². The molecule has 0 aliphatic heterocycles. The Morgan fingerprint density at radius 1 is 0.974 bits per heavy atom. The van der Waals surface area contributed by atoms with E-state index in [1.54, 1.807) is 35.8 Å². The van der Waals surface area contributed by atoms with Crippen LogP contribution in [0.15, 0.2) is 77.1 Å². The lowest BCUT2D eigenvalue weighted by molar-refractivity contribution is 0.262. The van der Waals surface area contributed by atoms with Gasteiger partial charge in [-0.25, -0.2) is 27.5 Å². The van der Waals surface area contributed by atoms with Crippen LogP contribution in [0.5, 0.6) is 11.6 Å². The summed E-state index contributed by atoms with van der Waals surface area (Å²) < 4.78 is 31.8. The first-order valence-corrected chi connectivity index (χ1v) is 14.1. The summed E-state index contributed by atoms with van der Waals surface area (Å²) in [5.41, 5.74) is 2.63. The van der Waals surface area contributed by atoms with Crippen molar-refractivity contribution >= 4 is 38.2 Å². The molecule has 2 heterocycles. The summed E-state index contributed by atoms with van der Waals surface area (Å²) in [5, 5.41) is 7.67. The number of carbonyl (C=O) groups is 1. The van der Waals surface area contributed by atoms with Gasteiger partial charge in [0.2, 0.25) is 15.9 Å². The van der Waals surface area contributed by atoms with E-state index >= 15 is 0 Å². The van der Waals surface area contributed by atoms with E-state index in [-0.39, 0.29) is 16.2 Å². The molecule has 0 aliphatic rings. The number of benzene rings is 2. The number of amides is 2. The molecule has 38 heavy (non-hydrogen) atoms. The highest BCUT2D eigenvalue weighted by molar-refractivity contribution is 7.89. The number of thiazole rings is 1. The summed E-state index contributed by atoms with van der Waals surface area (Å²) in [6, 6.07) is 17.1. The molecule has 4 aromatic rings. The van der Waals surface area contributed by atoms with Crippen molar-refractivity contribution in [1.82, 2.24) is 14.3 Å². The molecule has 2 amide bonds. The number of anilines is 2. The lowest BCUT2D eigenvalue weighted by Crippen LogP contribution is -2.22. The summed E-state index contributed by atoms with van der Waals surface area (Å²) in [6.45, 7) is 6.30. The predicted molar refractivity (Wildman–Crippen MR) is 151 cm³/mol. The molecule has 0 radical (unpaired) electrons. The normalized spacial score (nSPS) is 11.8. The van der Waals surface area contributed by atoms with Crippen LogP contribution >= 0.6 is 11.3 Å². The topological polar surface area (TPSA) is 114 Å². The highest BCUT2D eigenvalue weighted by Crippen LogP contribution is 2.35. The Hall–Kier alpha value is -3.80. The molecule has 0 bridgehead atoms. The van der Waals surface area contributed by atoms with E-state index in [1.807, 2.05) is 24.3 Å². The maximum Gasteiger partial charge on any atom is 0.325 e. The van der Waals surface area contributed by atoms with Crippen molar-refractivity contribution in [2.45, 2.75) is 31.1 Å². The fourth-order valence-electron chi connectivity index (χ4n) is 3.57. The molecule has 0 atom stereocenters. The Bertz CT molecular complexity index is 1540. The second-order valence-electron chi connectivity index (χ2n) is 9.63. The zero-order valence-corrected chi connectivity index (χ0v) is 23.4. The minimum atomic E-state index is -3.51. The number of hydrogen-bond acceptors (Lipinski definition) is 7. The Morgan fingerprint density at radius 2 is 1.68 bits per heavy atom. The molecule has 9 nitrogen and oxygen atoms in total. The molecule has 2 aromatic heterocycles. The van der Waals surface area contributed by atoms with Crippen LogP contribution in [0.4, 0.5) is 15.6 Å². The van der Waals surface area contributed by atoms with Crippen molar-refractivity contribution in [2.24, 2.45) is 0 Å². The van der Waals surface area contributed by atoms with E-state index in [2.05, 4.69) is 41.4 Å². The molecule has 0 spiro atoms. The molecule has 11 heteroatoms. The lowest BCUT2D eigenvalue weighted by Gasteiger charge is -2.22. The molecule has 2 aromatic carbocycles. The predicted octanol–water partition coefficient (Wildman–Crippen LogP) is 6.19. The summed E-state index contributed by atoms with van der Waals surface area (Å²) in [6.07, 6.45) is 1.60. The van der Waals surface area contributed by atoms with Crippen LogP contribution in [0.2, 0.25) is 0 Å². The van der Waals surface area contributed by atoms with Gasteiger partial charge in [0.05, 0.1) is 10.6 Å². The van der Waals surface area contributed by atoms with Gasteiger partial charge in [0.1, 0.15) is 11.4 Å². The monoisotopic (exact) mass is 551 g/mol. The van der Waals surface area contributed by atoms with Crippen molar-refractivity contribution in [1.29, 1.82) is 0 Å². The third kappa shape index (κ3) is 6.18. The largest absolute Gasteiger partial charge is 0.437 e. The average Bonchev–Trinajstić information content (AvgIpc) is 3.33. The summed E-state index contributed by atoms with van der Waals surface area (Å²) in [4.78, 5) is 21.7. The van der Waals surface area contributed by atoms with Crippen LogP contribution in [0.1, 0.15) is 26.3 Å². The Kier molecular flexibility index (Phi) is 7.81. The number of ether oxygens (including phenoxy) is 1. The van der Waals surface area contributed by atoms with Crippen molar-refractivity contribution in [3.63, 3.8) is 0 Å². The number of nitrogens with zero attached hydrogens (tertiary/aromatic N) is 3. The SMILES string of the molecule is CN(C)S(=O)(=O)c1ccc(-c2csc(NC(=O)Nc3cccnc3Oc3ccccc3C(C)(C)C)n2)cc1. The number of carbonyl (C=O) groups excluding carboxylic acids is 1. The second kappa shape index (κ2) is 10.9. The number of sulfonamides is 1. The number of pyridine rings is 1. The summed E-state index contributed by atoms with van der Waals surface area (Å²) >= 11 is 1.25. The quantitative estimate of drug-likeness (QED) is 0.283. The Labute approximate surface area is 226 Å². The number of para-hydroxylation sites is 1. The molecule has 0 saturated heterocycles. The molecular weight excluding hydrogens is 522 g/mol. The third-order valence-electron chi connectivity index (χ3n) is 5.57. The molecule has 0 aliphatic carbocycles. The van der Waals surface area contributed by atoms with Crippen molar-refractivity contribution < 1.29 is 17.9 Å². The van der Waals surface area contributed by atoms with Crippen molar-refractivity contribution in [3.8, 4) is 22.9 Å². The highest BCUT2D eigenvalue weighted by Gasteiger charge is 2.21. The van der Waals surface area contributed by atoms with E-state index in [0.29, 0.717) is 22.3 Å². The van der Waals surface area contributed by atoms with Gasteiger partial charge < -0.3 is 10.1 Å².